The van der Waals surface area contributed by atoms with Gasteiger partial charge in [-0.25, -0.2) is 4.98 Å². The third-order valence-electron chi connectivity index (χ3n) is 4.50. The van der Waals surface area contributed by atoms with Crippen molar-refractivity contribution in [3.63, 3.8) is 0 Å². The number of aromatic nitrogens is 4. The molecule has 4 rings (SSSR count). The van der Waals surface area contributed by atoms with Gasteiger partial charge in [0.1, 0.15) is 17.3 Å². The van der Waals surface area contributed by atoms with Gasteiger partial charge in [0.05, 0.1) is 11.5 Å². The number of hydrogen-bond acceptors (Lipinski definition) is 6. The summed E-state index contributed by atoms with van der Waals surface area (Å²) in [6, 6.07) is 14.0. The average molecular weight is 436 g/mol. The number of nitrogens with one attached hydrogen (secondary N) is 2. The van der Waals surface area contributed by atoms with E-state index in [1.807, 2.05) is 31.4 Å². The molecule has 0 aliphatic carbocycles. The smallest absolute Gasteiger partial charge is 0.256 e. The average Bonchev–Trinajstić information content (AvgIpc) is 3.44. The van der Waals surface area contributed by atoms with Crippen LogP contribution in [0.5, 0.6) is 5.75 Å². The van der Waals surface area contributed by atoms with Crippen molar-refractivity contribution in [3.8, 4) is 22.3 Å². The van der Waals surface area contributed by atoms with Crippen LogP contribution in [0.2, 0.25) is 0 Å². The summed E-state index contributed by atoms with van der Waals surface area (Å²) in [6.07, 6.45) is 0.601. The van der Waals surface area contributed by atoms with E-state index in [0.29, 0.717) is 41.5 Å². The van der Waals surface area contributed by atoms with E-state index in [1.165, 1.54) is 22.1 Å². The maximum Gasteiger partial charge on any atom is 0.256 e. The number of carbonyl (C=O) groups excluding carboxylic acids is 1. The first-order valence-corrected chi connectivity index (χ1v) is 10.7. The van der Waals surface area contributed by atoms with Crippen LogP contribution in [0.15, 0.2) is 58.7 Å². The molecule has 3 aromatic heterocycles. The molecule has 0 saturated heterocycles. The summed E-state index contributed by atoms with van der Waals surface area (Å²) >= 11 is 1.53. The summed E-state index contributed by atoms with van der Waals surface area (Å²) in [7, 11) is 0. The molecule has 1 aromatic carbocycles. The first-order chi connectivity index (χ1) is 15.1. The molecule has 9 heteroatoms. The minimum Gasteiger partial charge on any atom is -0.494 e. The van der Waals surface area contributed by atoms with E-state index in [-0.39, 0.29) is 17.4 Å². The number of thiophene rings is 1. The summed E-state index contributed by atoms with van der Waals surface area (Å²) in [4.78, 5) is 33.1. The van der Waals surface area contributed by atoms with E-state index >= 15 is 0 Å². The second-order valence-corrected chi connectivity index (χ2v) is 7.58. The van der Waals surface area contributed by atoms with Crippen LogP contribution in [0, 0.1) is 0 Å². The van der Waals surface area contributed by atoms with Crippen molar-refractivity contribution in [1.29, 1.82) is 0 Å². The molecule has 31 heavy (non-hydrogen) atoms. The van der Waals surface area contributed by atoms with Crippen molar-refractivity contribution in [2.75, 3.05) is 11.9 Å². The fraction of sp³-hybridized carbons (Fsp3) is 0.182. The fourth-order valence-electron chi connectivity index (χ4n) is 3.01. The lowest BCUT2D eigenvalue weighted by molar-refractivity contribution is 0.102. The predicted molar refractivity (Wildman–Crippen MR) is 120 cm³/mol. The second kappa shape index (κ2) is 8.97. The third-order valence-corrected chi connectivity index (χ3v) is 5.39. The monoisotopic (exact) mass is 435 g/mol. The van der Waals surface area contributed by atoms with Crippen molar-refractivity contribution < 1.29 is 9.53 Å². The Bertz CT molecular complexity index is 1240. The minimum absolute atomic E-state index is 0.245. The number of rotatable bonds is 7. The lowest BCUT2D eigenvalue weighted by Gasteiger charge is -2.09. The number of nitrogens with zero attached hydrogens (tertiary/aromatic N) is 3. The lowest BCUT2D eigenvalue weighted by Crippen LogP contribution is -2.19. The first kappa shape index (κ1) is 20.5. The van der Waals surface area contributed by atoms with Gasteiger partial charge in [-0.3, -0.25) is 14.6 Å². The Morgan fingerprint density at radius 1 is 1.19 bits per heavy atom. The van der Waals surface area contributed by atoms with Crippen LogP contribution >= 0.6 is 11.3 Å². The van der Waals surface area contributed by atoms with Crippen LogP contribution in [0.1, 0.15) is 29.9 Å². The second-order valence-electron chi connectivity index (χ2n) is 6.63. The molecule has 0 aliphatic rings. The van der Waals surface area contributed by atoms with Gasteiger partial charge in [-0.1, -0.05) is 13.0 Å². The maximum absolute atomic E-state index is 12.9. The number of benzene rings is 1. The number of H-pyrrole nitrogens is 1. The van der Waals surface area contributed by atoms with Crippen LogP contribution in [-0.4, -0.2) is 32.3 Å². The summed E-state index contributed by atoms with van der Waals surface area (Å²) < 4.78 is 6.87. The summed E-state index contributed by atoms with van der Waals surface area (Å²) in [5.74, 6) is 1.03. The van der Waals surface area contributed by atoms with E-state index in [1.54, 1.807) is 30.3 Å². The molecule has 0 bridgehead atoms. The Hall–Kier alpha value is -3.72. The van der Waals surface area contributed by atoms with Crippen LogP contribution in [0.4, 0.5) is 5.82 Å². The van der Waals surface area contributed by atoms with E-state index in [4.69, 9.17) is 4.74 Å². The van der Waals surface area contributed by atoms with Gasteiger partial charge in [0.15, 0.2) is 0 Å². The standard InChI is InChI=1S/C22H21N5O3S/c1-3-15-12-20(28)25-22(23-15)27-19(13-17(26-27)18-6-5-11-31-18)24-21(29)14-7-9-16(10-8-14)30-4-2/h5-13H,3-4H2,1-2H3,(H,24,29)(H,23,25,28). The van der Waals surface area contributed by atoms with Crippen molar-refractivity contribution in [2.45, 2.75) is 20.3 Å². The first-order valence-electron chi connectivity index (χ1n) is 9.86. The SMILES string of the molecule is CCOc1ccc(C(=O)Nc2cc(-c3cccs3)nn2-c2nc(CC)cc(=O)[nH]2)cc1. The van der Waals surface area contributed by atoms with Gasteiger partial charge in [0.25, 0.3) is 11.5 Å². The third kappa shape index (κ3) is 4.56. The summed E-state index contributed by atoms with van der Waals surface area (Å²) in [5, 5.41) is 9.41. The Labute approximate surface area is 182 Å². The van der Waals surface area contributed by atoms with Gasteiger partial charge >= 0.3 is 0 Å². The van der Waals surface area contributed by atoms with E-state index in [9.17, 15) is 9.59 Å². The molecule has 0 aliphatic heterocycles. The molecule has 3 heterocycles. The summed E-state index contributed by atoms with van der Waals surface area (Å²) in [5.41, 5.74) is 1.49. The number of aromatic amines is 1. The van der Waals surface area contributed by atoms with Gasteiger partial charge < -0.3 is 10.1 Å². The number of ether oxygens (including phenoxy) is 1. The molecule has 0 saturated carbocycles. The molecule has 158 valence electrons. The Balaban J connectivity index is 1.71. The highest BCUT2D eigenvalue weighted by atomic mass is 32.1. The van der Waals surface area contributed by atoms with Gasteiger partial charge in [0, 0.05) is 23.4 Å². The van der Waals surface area contributed by atoms with E-state index < -0.39 is 0 Å². The summed E-state index contributed by atoms with van der Waals surface area (Å²) in [6.45, 7) is 4.37. The molecule has 0 unspecified atom stereocenters. The highest BCUT2D eigenvalue weighted by Crippen LogP contribution is 2.27. The largest absolute Gasteiger partial charge is 0.494 e. The van der Waals surface area contributed by atoms with E-state index in [0.717, 1.165) is 4.88 Å². The van der Waals surface area contributed by atoms with Crippen molar-refractivity contribution >= 4 is 23.1 Å². The fourth-order valence-corrected chi connectivity index (χ4v) is 3.69. The zero-order chi connectivity index (χ0) is 21.8. The van der Waals surface area contributed by atoms with Crippen LogP contribution < -0.4 is 15.6 Å². The van der Waals surface area contributed by atoms with Crippen molar-refractivity contribution in [1.82, 2.24) is 19.7 Å². The molecule has 8 nitrogen and oxygen atoms in total. The number of carbonyl (C=O) groups is 1. The van der Waals surface area contributed by atoms with Crippen molar-refractivity contribution in [3.05, 3.63) is 75.5 Å². The predicted octanol–water partition coefficient (Wildman–Crippen LogP) is 3.90. The minimum atomic E-state index is -0.309. The normalized spacial score (nSPS) is 10.8. The topological polar surface area (TPSA) is 102 Å². The molecule has 0 atom stereocenters. The molecule has 1 amide bonds. The Morgan fingerprint density at radius 3 is 2.68 bits per heavy atom. The molecule has 0 spiro atoms. The zero-order valence-electron chi connectivity index (χ0n) is 17.1. The molecular formula is C22H21N5O3S. The lowest BCUT2D eigenvalue weighted by atomic mass is 10.2. The zero-order valence-corrected chi connectivity index (χ0v) is 17.9. The van der Waals surface area contributed by atoms with Crippen LogP contribution in [0.25, 0.3) is 16.5 Å². The quantitative estimate of drug-likeness (QED) is 0.458. The van der Waals surface area contributed by atoms with Gasteiger partial charge in [0.2, 0.25) is 5.95 Å². The van der Waals surface area contributed by atoms with Crippen LogP contribution in [-0.2, 0) is 6.42 Å². The van der Waals surface area contributed by atoms with Gasteiger partial charge in [-0.15, -0.1) is 11.3 Å². The molecule has 2 N–H and O–H groups in total. The van der Waals surface area contributed by atoms with Gasteiger partial charge in [-0.2, -0.15) is 9.78 Å². The van der Waals surface area contributed by atoms with Crippen LogP contribution in [0.3, 0.4) is 0 Å². The Morgan fingerprint density at radius 2 is 2.00 bits per heavy atom. The molecule has 0 radical (unpaired) electrons. The highest BCUT2D eigenvalue weighted by molar-refractivity contribution is 7.13. The van der Waals surface area contributed by atoms with Crippen molar-refractivity contribution in [2.24, 2.45) is 0 Å². The highest BCUT2D eigenvalue weighted by Gasteiger charge is 2.17. The van der Waals surface area contributed by atoms with Gasteiger partial charge in [-0.05, 0) is 49.1 Å². The molecule has 0 fully saturated rings. The molecule has 4 aromatic rings. The maximum atomic E-state index is 12.9. The number of aryl methyl sites for hydroxylation is 1. The Kier molecular flexibility index (Phi) is 5.94. The molecular weight excluding hydrogens is 414 g/mol. The number of hydrogen-bond donors (Lipinski definition) is 2. The van der Waals surface area contributed by atoms with E-state index in [2.05, 4.69) is 20.4 Å². The number of anilines is 1. The number of amides is 1.